The van der Waals surface area contributed by atoms with Gasteiger partial charge in [-0.1, -0.05) is 40.2 Å². The van der Waals surface area contributed by atoms with Crippen LogP contribution < -0.4 is 0 Å². The van der Waals surface area contributed by atoms with Gasteiger partial charge in [0.2, 0.25) is 0 Å². The molecule has 120 valence electrons. The molecule has 0 saturated carbocycles. The summed E-state index contributed by atoms with van der Waals surface area (Å²) in [7, 11) is 2.81. The van der Waals surface area contributed by atoms with Crippen molar-refractivity contribution in [3.63, 3.8) is 0 Å². The van der Waals surface area contributed by atoms with E-state index in [9.17, 15) is 4.79 Å². The van der Waals surface area contributed by atoms with Crippen molar-refractivity contribution in [2.45, 2.75) is 4.90 Å². The first-order valence-electron chi connectivity index (χ1n) is 6.67. The molecule has 0 fully saturated rings. The molecule has 0 bridgehead atoms. The number of carbonyl (C=O) groups is 1. The largest absolute Gasteiger partial charge is 0.465 e. The van der Waals surface area contributed by atoms with Crippen LogP contribution in [0.15, 0.2) is 57.9 Å². The third-order valence-electron chi connectivity index (χ3n) is 2.93. The van der Waals surface area contributed by atoms with E-state index in [1.807, 2.05) is 48.5 Å². The lowest BCUT2D eigenvalue weighted by Gasteiger charge is -2.07. The van der Waals surface area contributed by atoms with Gasteiger partial charge < -0.3 is 4.74 Å². The molecule has 2 aromatic rings. The molecule has 0 N–H and O–H groups in total. The second-order valence-electron chi connectivity index (χ2n) is 4.45. The van der Waals surface area contributed by atoms with Gasteiger partial charge in [-0.2, -0.15) is 4.33 Å². The van der Waals surface area contributed by atoms with Crippen molar-refractivity contribution < 1.29 is 18.8 Å². The molecular formula is C17H15BrO4S. The van der Waals surface area contributed by atoms with Gasteiger partial charge in [0.15, 0.2) is 0 Å². The van der Waals surface area contributed by atoms with Crippen LogP contribution in [0.1, 0.15) is 11.1 Å². The summed E-state index contributed by atoms with van der Waals surface area (Å²) >= 11 is 4.52. The Kier molecular flexibility index (Phi) is 6.85. The predicted molar refractivity (Wildman–Crippen MR) is 94.4 cm³/mol. The second kappa shape index (κ2) is 8.88. The summed E-state index contributed by atoms with van der Waals surface area (Å²) in [5.74, 6) is -0.390. The summed E-state index contributed by atoms with van der Waals surface area (Å²) in [6.07, 6.45) is 1.80. The molecule has 2 rings (SSSR count). The molecule has 6 heteroatoms. The number of esters is 1. The van der Waals surface area contributed by atoms with Crippen molar-refractivity contribution in [3.05, 3.63) is 64.1 Å². The molecule has 0 unspecified atom stereocenters. The van der Waals surface area contributed by atoms with Crippen LogP contribution in [0.2, 0.25) is 0 Å². The van der Waals surface area contributed by atoms with Crippen molar-refractivity contribution in [3.8, 4) is 0 Å². The van der Waals surface area contributed by atoms with E-state index in [1.165, 1.54) is 14.2 Å². The molecule has 2 aromatic carbocycles. The smallest absolute Gasteiger partial charge is 0.338 e. The van der Waals surface area contributed by atoms with Gasteiger partial charge in [0.25, 0.3) is 0 Å². The minimum absolute atomic E-state index is 0.390. The molecule has 4 nitrogen and oxygen atoms in total. The van der Waals surface area contributed by atoms with Gasteiger partial charge in [-0.25, -0.2) is 9.68 Å². The zero-order valence-corrected chi connectivity index (χ0v) is 15.0. The van der Waals surface area contributed by atoms with E-state index in [1.54, 1.807) is 6.08 Å². The summed E-state index contributed by atoms with van der Waals surface area (Å²) in [4.78, 5) is 17.5. The van der Waals surface area contributed by atoms with Crippen LogP contribution in [0.25, 0.3) is 11.6 Å². The minimum atomic E-state index is -0.390. The summed E-state index contributed by atoms with van der Waals surface area (Å²) in [6, 6.07) is 15.0. The van der Waals surface area contributed by atoms with E-state index in [4.69, 9.17) is 9.07 Å². The van der Waals surface area contributed by atoms with Crippen molar-refractivity contribution >= 4 is 45.6 Å². The minimum Gasteiger partial charge on any atom is -0.465 e. The van der Waals surface area contributed by atoms with Gasteiger partial charge in [0.1, 0.15) is 0 Å². The van der Waals surface area contributed by atoms with Gasteiger partial charge in [-0.15, -0.1) is 0 Å². The number of halogens is 1. The number of ether oxygens (including phenoxy) is 1. The number of carbonyl (C=O) groups excluding carboxylic acids is 1. The summed E-state index contributed by atoms with van der Waals surface area (Å²) in [5.41, 5.74) is 2.15. The Morgan fingerprint density at radius 2 is 1.87 bits per heavy atom. The summed E-state index contributed by atoms with van der Waals surface area (Å²) in [6.45, 7) is 0. The molecule has 0 spiro atoms. The van der Waals surface area contributed by atoms with Gasteiger partial charge >= 0.3 is 5.97 Å². The van der Waals surface area contributed by atoms with Crippen LogP contribution in [-0.2, 0) is 18.8 Å². The third kappa shape index (κ3) is 5.21. The fraction of sp³-hybridized carbons (Fsp3) is 0.118. The van der Waals surface area contributed by atoms with Crippen LogP contribution in [0, 0.1) is 0 Å². The topological polar surface area (TPSA) is 44.8 Å². The van der Waals surface area contributed by atoms with Crippen molar-refractivity contribution in [1.82, 2.24) is 0 Å². The molecule has 0 aliphatic rings. The molecule has 23 heavy (non-hydrogen) atoms. The highest BCUT2D eigenvalue weighted by Gasteiger charge is 2.13. The van der Waals surface area contributed by atoms with Crippen LogP contribution in [0.5, 0.6) is 0 Å². The van der Waals surface area contributed by atoms with E-state index < -0.39 is 5.97 Å². The first-order valence-corrected chi connectivity index (χ1v) is 8.21. The number of rotatable bonds is 6. The first kappa shape index (κ1) is 17.7. The highest BCUT2D eigenvalue weighted by molar-refractivity contribution is 9.10. The van der Waals surface area contributed by atoms with E-state index in [0.29, 0.717) is 5.57 Å². The average molecular weight is 395 g/mol. The number of benzene rings is 2. The van der Waals surface area contributed by atoms with Crippen LogP contribution in [0.3, 0.4) is 0 Å². The van der Waals surface area contributed by atoms with E-state index >= 15 is 0 Å². The number of hydrogen-bond acceptors (Lipinski definition) is 5. The molecule has 0 amide bonds. The summed E-state index contributed by atoms with van der Waals surface area (Å²) in [5, 5.41) is 0. The zero-order chi connectivity index (χ0) is 16.7. The molecule has 0 aromatic heterocycles. The Morgan fingerprint density at radius 3 is 2.48 bits per heavy atom. The molecule has 0 radical (unpaired) electrons. The molecule has 0 heterocycles. The Bertz CT molecular complexity index is 698. The van der Waals surface area contributed by atoms with E-state index in [-0.39, 0.29) is 0 Å². The van der Waals surface area contributed by atoms with E-state index in [0.717, 1.165) is 32.5 Å². The average Bonchev–Trinajstić information content (AvgIpc) is 2.58. The lowest BCUT2D eigenvalue weighted by atomic mass is 10.0. The fourth-order valence-corrected chi connectivity index (χ4v) is 2.71. The maximum Gasteiger partial charge on any atom is 0.338 e. The predicted octanol–water partition coefficient (Wildman–Crippen LogP) is 4.75. The molecule has 0 aliphatic heterocycles. The van der Waals surface area contributed by atoms with Gasteiger partial charge in [0.05, 0.1) is 31.8 Å². The summed E-state index contributed by atoms with van der Waals surface area (Å²) < 4.78 is 10.6. The fourth-order valence-electron chi connectivity index (χ4n) is 1.90. The van der Waals surface area contributed by atoms with Gasteiger partial charge in [0, 0.05) is 9.37 Å². The Labute approximate surface area is 147 Å². The number of methoxy groups -OCH3 is 1. The van der Waals surface area contributed by atoms with Crippen LogP contribution in [0.4, 0.5) is 0 Å². The first-order chi connectivity index (χ1) is 11.1. The molecular weight excluding hydrogens is 380 g/mol. The normalized spacial score (nSPS) is 11.3. The van der Waals surface area contributed by atoms with Gasteiger partial charge in [-0.05, 0) is 41.5 Å². The standard InChI is InChI=1S/C17H15BrO4S/c1-20-17(19)16(11-12-4-3-5-14(18)10-12)13-6-8-15(9-7-13)23-22-21-2/h3-11H,1-2H3. The van der Waals surface area contributed by atoms with Crippen LogP contribution in [-0.4, -0.2) is 20.2 Å². The Balaban J connectivity index is 2.33. The quantitative estimate of drug-likeness (QED) is 0.176. The van der Waals surface area contributed by atoms with E-state index in [2.05, 4.69) is 20.8 Å². The van der Waals surface area contributed by atoms with Gasteiger partial charge in [-0.3, -0.25) is 0 Å². The van der Waals surface area contributed by atoms with Crippen molar-refractivity contribution in [2.24, 2.45) is 0 Å². The third-order valence-corrected chi connectivity index (χ3v) is 4.09. The molecule has 0 aliphatic carbocycles. The van der Waals surface area contributed by atoms with Crippen LogP contribution >= 0.6 is 28.0 Å². The monoisotopic (exact) mass is 394 g/mol. The molecule has 0 saturated heterocycles. The highest BCUT2D eigenvalue weighted by Crippen LogP contribution is 2.25. The molecule has 0 atom stereocenters. The maximum absolute atomic E-state index is 12.1. The zero-order valence-electron chi connectivity index (χ0n) is 12.6. The van der Waals surface area contributed by atoms with Crippen molar-refractivity contribution in [1.29, 1.82) is 0 Å². The number of hydrogen-bond donors (Lipinski definition) is 0. The SMILES string of the molecule is COOSc1ccc(C(=Cc2cccc(Br)c2)C(=O)OC)cc1. The lowest BCUT2D eigenvalue weighted by Crippen LogP contribution is -2.03. The van der Waals surface area contributed by atoms with Crippen molar-refractivity contribution in [2.75, 3.05) is 14.2 Å². The lowest BCUT2D eigenvalue weighted by molar-refractivity contribution is -0.160. The Hall–Kier alpha value is -1.60. The highest BCUT2D eigenvalue weighted by atomic mass is 79.9. The maximum atomic E-state index is 12.1. The second-order valence-corrected chi connectivity index (χ2v) is 6.14. The Morgan fingerprint density at radius 1 is 1.13 bits per heavy atom.